The van der Waals surface area contributed by atoms with E-state index in [0.29, 0.717) is 10.0 Å². The lowest BCUT2D eigenvalue weighted by Crippen LogP contribution is -2.07. The van der Waals surface area contributed by atoms with Gasteiger partial charge in [-0.05, 0) is 41.5 Å². The summed E-state index contributed by atoms with van der Waals surface area (Å²) in [7, 11) is 0. The van der Waals surface area contributed by atoms with Crippen LogP contribution in [0, 0.1) is 0 Å². The summed E-state index contributed by atoms with van der Waals surface area (Å²) in [6.07, 6.45) is 0. The van der Waals surface area contributed by atoms with Gasteiger partial charge in [-0.1, -0.05) is 65.7 Å². The fraction of sp³-hybridized carbons (Fsp3) is 0.111. The van der Waals surface area contributed by atoms with E-state index in [-0.39, 0.29) is 6.04 Å². The molecule has 3 aromatic carbocycles. The molecule has 0 heterocycles. The largest absolute Gasteiger partial charge is 0.378 e. The lowest BCUT2D eigenvalue weighted by Gasteiger charge is -2.18. The van der Waals surface area contributed by atoms with Gasteiger partial charge in [-0.2, -0.15) is 0 Å². The van der Waals surface area contributed by atoms with Crippen molar-refractivity contribution in [1.29, 1.82) is 0 Å². The first kappa shape index (κ1) is 14.2. The molecule has 0 aromatic heterocycles. The van der Waals surface area contributed by atoms with Gasteiger partial charge in [0.25, 0.3) is 0 Å². The second kappa shape index (κ2) is 5.97. The molecule has 106 valence electrons. The van der Waals surface area contributed by atoms with Gasteiger partial charge >= 0.3 is 0 Å². The van der Waals surface area contributed by atoms with Crippen LogP contribution in [0.5, 0.6) is 0 Å². The average Bonchev–Trinajstić information content (AvgIpc) is 2.45. The van der Waals surface area contributed by atoms with Crippen molar-refractivity contribution in [3.05, 3.63) is 76.3 Å². The SMILES string of the molecule is CC(Nc1cc(Cl)cc(Cl)c1)c1cccc2ccccc12. The van der Waals surface area contributed by atoms with Crippen molar-refractivity contribution in [2.75, 3.05) is 5.32 Å². The Morgan fingerprint density at radius 3 is 2.29 bits per heavy atom. The lowest BCUT2D eigenvalue weighted by atomic mass is 9.99. The van der Waals surface area contributed by atoms with Crippen LogP contribution in [0.15, 0.2) is 60.7 Å². The molecule has 21 heavy (non-hydrogen) atoms. The van der Waals surface area contributed by atoms with Crippen molar-refractivity contribution in [2.45, 2.75) is 13.0 Å². The van der Waals surface area contributed by atoms with Gasteiger partial charge in [0.2, 0.25) is 0 Å². The van der Waals surface area contributed by atoms with E-state index in [1.807, 2.05) is 12.1 Å². The molecule has 1 atom stereocenters. The zero-order valence-electron chi connectivity index (χ0n) is 11.6. The number of benzene rings is 3. The monoisotopic (exact) mass is 315 g/mol. The Hall–Kier alpha value is -1.70. The Balaban J connectivity index is 1.95. The number of fused-ring (bicyclic) bond motifs is 1. The van der Waals surface area contributed by atoms with Crippen LogP contribution in [0.4, 0.5) is 5.69 Å². The highest BCUT2D eigenvalue weighted by Gasteiger charge is 2.09. The minimum atomic E-state index is 0.158. The predicted octanol–water partition coefficient (Wildman–Crippen LogP) is 6.32. The summed E-state index contributed by atoms with van der Waals surface area (Å²) in [4.78, 5) is 0. The van der Waals surface area contributed by atoms with Crippen molar-refractivity contribution < 1.29 is 0 Å². The topological polar surface area (TPSA) is 12.0 Å². The van der Waals surface area contributed by atoms with Gasteiger partial charge in [-0.15, -0.1) is 0 Å². The molecule has 1 N–H and O–H groups in total. The quantitative estimate of drug-likeness (QED) is 0.596. The molecule has 3 aromatic rings. The zero-order valence-corrected chi connectivity index (χ0v) is 13.1. The maximum atomic E-state index is 6.05. The second-order valence-electron chi connectivity index (χ2n) is 5.09. The van der Waals surface area contributed by atoms with Crippen LogP contribution in [0.1, 0.15) is 18.5 Å². The summed E-state index contributed by atoms with van der Waals surface area (Å²) in [6.45, 7) is 2.14. The fourth-order valence-corrected chi connectivity index (χ4v) is 3.12. The van der Waals surface area contributed by atoms with Crippen LogP contribution >= 0.6 is 23.2 Å². The molecule has 0 aliphatic carbocycles. The van der Waals surface area contributed by atoms with Crippen molar-refractivity contribution in [1.82, 2.24) is 0 Å². The minimum Gasteiger partial charge on any atom is -0.378 e. The molecule has 3 heteroatoms. The summed E-state index contributed by atoms with van der Waals surface area (Å²) < 4.78 is 0. The van der Waals surface area contributed by atoms with E-state index in [0.717, 1.165) is 5.69 Å². The van der Waals surface area contributed by atoms with E-state index >= 15 is 0 Å². The summed E-state index contributed by atoms with van der Waals surface area (Å²) in [5, 5.41) is 7.23. The molecule has 1 unspecified atom stereocenters. The van der Waals surface area contributed by atoms with Crippen LogP contribution in [-0.2, 0) is 0 Å². The molecule has 0 radical (unpaired) electrons. The fourth-order valence-electron chi connectivity index (χ4n) is 2.59. The molecular formula is C18H15Cl2N. The van der Waals surface area contributed by atoms with E-state index in [1.165, 1.54) is 16.3 Å². The van der Waals surface area contributed by atoms with Crippen LogP contribution in [0.25, 0.3) is 10.8 Å². The Labute approximate surface area is 134 Å². The van der Waals surface area contributed by atoms with Crippen molar-refractivity contribution >= 4 is 39.7 Å². The molecule has 3 rings (SSSR count). The first-order valence-corrected chi connectivity index (χ1v) is 7.59. The van der Waals surface area contributed by atoms with Gasteiger partial charge in [0, 0.05) is 21.8 Å². The molecule has 0 fully saturated rings. The first-order valence-electron chi connectivity index (χ1n) is 6.84. The highest BCUT2D eigenvalue weighted by atomic mass is 35.5. The molecule has 0 saturated carbocycles. The molecule has 0 spiro atoms. The lowest BCUT2D eigenvalue weighted by molar-refractivity contribution is 0.895. The molecule has 0 aliphatic heterocycles. The van der Waals surface area contributed by atoms with Crippen LogP contribution in [-0.4, -0.2) is 0 Å². The second-order valence-corrected chi connectivity index (χ2v) is 5.97. The number of rotatable bonds is 3. The zero-order chi connectivity index (χ0) is 14.8. The van der Waals surface area contributed by atoms with E-state index < -0.39 is 0 Å². The molecule has 0 aliphatic rings. The van der Waals surface area contributed by atoms with Gasteiger partial charge in [0.15, 0.2) is 0 Å². The van der Waals surface area contributed by atoms with Gasteiger partial charge < -0.3 is 5.32 Å². The number of anilines is 1. The number of hydrogen-bond acceptors (Lipinski definition) is 1. The van der Waals surface area contributed by atoms with Gasteiger partial charge in [-0.25, -0.2) is 0 Å². The molecule has 0 amide bonds. The van der Waals surface area contributed by atoms with Gasteiger partial charge in [-0.3, -0.25) is 0 Å². The third-order valence-electron chi connectivity index (χ3n) is 3.54. The Morgan fingerprint density at radius 1 is 0.857 bits per heavy atom. The van der Waals surface area contributed by atoms with Crippen molar-refractivity contribution in [3.8, 4) is 0 Å². The third-order valence-corrected chi connectivity index (χ3v) is 3.97. The first-order chi connectivity index (χ1) is 10.1. The summed E-state index contributed by atoms with van der Waals surface area (Å²) in [5.74, 6) is 0. The standard InChI is InChI=1S/C18H15Cl2N/c1-12(21-16-10-14(19)9-15(20)11-16)17-8-4-6-13-5-2-3-7-18(13)17/h2-12,21H,1H3. The van der Waals surface area contributed by atoms with Crippen LogP contribution in [0.3, 0.4) is 0 Å². The number of halogens is 2. The number of hydrogen-bond donors (Lipinski definition) is 1. The maximum Gasteiger partial charge on any atom is 0.0491 e. The Bertz CT molecular complexity index is 758. The summed E-state index contributed by atoms with van der Waals surface area (Å²) >= 11 is 12.1. The number of nitrogens with one attached hydrogen (secondary N) is 1. The van der Waals surface area contributed by atoms with E-state index in [1.54, 1.807) is 6.07 Å². The minimum absolute atomic E-state index is 0.158. The maximum absolute atomic E-state index is 6.05. The van der Waals surface area contributed by atoms with Crippen LogP contribution < -0.4 is 5.32 Å². The molecular weight excluding hydrogens is 301 g/mol. The van der Waals surface area contributed by atoms with Gasteiger partial charge in [0.1, 0.15) is 0 Å². The summed E-state index contributed by atoms with van der Waals surface area (Å²) in [5.41, 5.74) is 2.18. The predicted molar refractivity (Wildman–Crippen MR) is 92.4 cm³/mol. The van der Waals surface area contributed by atoms with E-state index in [9.17, 15) is 0 Å². The van der Waals surface area contributed by atoms with E-state index in [2.05, 4.69) is 54.7 Å². The van der Waals surface area contributed by atoms with Gasteiger partial charge in [0.05, 0.1) is 0 Å². The smallest absolute Gasteiger partial charge is 0.0491 e. The highest BCUT2D eigenvalue weighted by molar-refractivity contribution is 6.35. The Kier molecular flexibility index (Phi) is 4.05. The van der Waals surface area contributed by atoms with Crippen molar-refractivity contribution in [3.63, 3.8) is 0 Å². The normalized spacial score (nSPS) is 12.3. The van der Waals surface area contributed by atoms with Crippen LogP contribution in [0.2, 0.25) is 10.0 Å². The average molecular weight is 316 g/mol. The Morgan fingerprint density at radius 2 is 1.52 bits per heavy atom. The molecule has 0 saturated heterocycles. The van der Waals surface area contributed by atoms with Crippen molar-refractivity contribution in [2.24, 2.45) is 0 Å². The van der Waals surface area contributed by atoms with E-state index in [4.69, 9.17) is 23.2 Å². The third kappa shape index (κ3) is 3.15. The highest BCUT2D eigenvalue weighted by Crippen LogP contribution is 2.29. The summed E-state index contributed by atoms with van der Waals surface area (Å²) in [6, 6.07) is 20.4. The molecule has 1 nitrogen and oxygen atoms in total. The molecule has 0 bridgehead atoms.